The maximum Gasteiger partial charge on any atom is 0.217 e. The molecular formula is C11H22N2O2S. The average molecular weight is 246 g/mol. The molecule has 2 unspecified atom stereocenters. The van der Waals surface area contributed by atoms with Crippen LogP contribution in [0.1, 0.15) is 39.0 Å². The Morgan fingerprint density at radius 3 is 2.38 bits per heavy atom. The molecule has 16 heavy (non-hydrogen) atoms. The van der Waals surface area contributed by atoms with Gasteiger partial charge in [0.2, 0.25) is 10.0 Å². The first-order valence-electron chi connectivity index (χ1n) is 6.24. The standard InChI is InChI=1S/C11H22N2O2S/c1-9-6-10(12)8-13(7-9)16(14,15)11-4-2-3-5-11/h9-11H,2-8,12H2,1H3. The fourth-order valence-corrected chi connectivity index (χ4v) is 5.17. The van der Waals surface area contributed by atoms with E-state index < -0.39 is 10.0 Å². The minimum absolute atomic E-state index is 0.0138. The molecule has 2 fully saturated rings. The molecule has 0 amide bonds. The molecule has 0 radical (unpaired) electrons. The van der Waals surface area contributed by atoms with E-state index in [1.165, 1.54) is 0 Å². The summed E-state index contributed by atoms with van der Waals surface area (Å²) < 4.78 is 26.3. The van der Waals surface area contributed by atoms with Gasteiger partial charge in [-0.3, -0.25) is 0 Å². The van der Waals surface area contributed by atoms with Gasteiger partial charge in [0.1, 0.15) is 0 Å². The fraction of sp³-hybridized carbons (Fsp3) is 1.00. The highest BCUT2D eigenvalue weighted by molar-refractivity contribution is 7.89. The fourth-order valence-electron chi connectivity index (χ4n) is 2.95. The third kappa shape index (κ3) is 2.41. The number of hydrogen-bond acceptors (Lipinski definition) is 3. The van der Waals surface area contributed by atoms with Crippen LogP contribution in [0.15, 0.2) is 0 Å². The first kappa shape index (κ1) is 12.3. The molecule has 1 saturated carbocycles. The van der Waals surface area contributed by atoms with Crippen LogP contribution in [0.3, 0.4) is 0 Å². The average Bonchev–Trinajstić information content (AvgIpc) is 2.69. The topological polar surface area (TPSA) is 63.4 Å². The van der Waals surface area contributed by atoms with Crippen LogP contribution in [-0.4, -0.2) is 37.1 Å². The van der Waals surface area contributed by atoms with Crippen molar-refractivity contribution in [3.63, 3.8) is 0 Å². The summed E-state index contributed by atoms with van der Waals surface area (Å²) in [5.41, 5.74) is 5.90. The maximum absolute atomic E-state index is 12.3. The van der Waals surface area contributed by atoms with Gasteiger partial charge in [0.15, 0.2) is 0 Å². The lowest BCUT2D eigenvalue weighted by Gasteiger charge is -2.35. The predicted octanol–water partition coefficient (Wildman–Crippen LogP) is 0.928. The summed E-state index contributed by atoms with van der Waals surface area (Å²) in [6.07, 6.45) is 4.72. The van der Waals surface area contributed by atoms with Crippen molar-refractivity contribution >= 4 is 10.0 Å². The van der Waals surface area contributed by atoms with Gasteiger partial charge in [-0.1, -0.05) is 19.8 Å². The van der Waals surface area contributed by atoms with E-state index in [2.05, 4.69) is 6.92 Å². The number of piperidine rings is 1. The molecule has 4 nitrogen and oxygen atoms in total. The van der Waals surface area contributed by atoms with Gasteiger partial charge >= 0.3 is 0 Å². The molecular weight excluding hydrogens is 224 g/mol. The van der Waals surface area contributed by atoms with Gasteiger partial charge in [0.05, 0.1) is 5.25 Å². The van der Waals surface area contributed by atoms with Crippen LogP contribution in [0, 0.1) is 5.92 Å². The van der Waals surface area contributed by atoms with Crippen molar-refractivity contribution in [1.29, 1.82) is 0 Å². The molecule has 94 valence electrons. The zero-order chi connectivity index (χ0) is 11.8. The summed E-state index contributed by atoms with van der Waals surface area (Å²) in [7, 11) is -3.07. The molecule has 5 heteroatoms. The van der Waals surface area contributed by atoms with Crippen molar-refractivity contribution in [3.8, 4) is 0 Å². The zero-order valence-corrected chi connectivity index (χ0v) is 10.7. The lowest BCUT2D eigenvalue weighted by molar-refractivity contribution is 0.252. The van der Waals surface area contributed by atoms with Crippen LogP contribution >= 0.6 is 0 Å². The maximum atomic E-state index is 12.3. The molecule has 0 aromatic heterocycles. The van der Waals surface area contributed by atoms with E-state index in [4.69, 9.17) is 5.73 Å². The van der Waals surface area contributed by atoms with E-state index >= 15 is 0 Å². The zero-order valence-electron chi connectivity index (χ0n) is 9.93. The first-order valence-corrected chi connectivity index (χ1v) is 7.75. The molecule has 0 bridgehead atoms. The number of sulfonamides is 1. The Morgan fingerprint density at radius 2 is 1.81 bits per heavy atom. The van der Waals surface area contributed by atoms with E-state index in [9.17, 15) is 8.42 Å². The van der Waals surface area contributed by atoms with E-state index in [1.807, 2.05) is 0 Å². The van der Waals surface area contributed by atoms with E-state index in [0.717, 1.165) is 32.1 Å². The van der Waals surface area contributed by atoms with Crippen LogP contribution in [0.2, 0.25) is 0 Å². The van der Waals surface area contributed by atoms with Gasteiger partial charge in [0, 0.05) is 19.1 Å². The SMILES string of the molecule is CC1CC(N)CN(S(=O)(=O)C2CCCC2)C1. The Labute approximate surface area is 98.2 Å². The van der Waals surface area contributed by atoms with E-state index in [0.29, 0.717) is 19.0 Å². The molecule has 1 heterocycles. The quantitative estimate of drug-likeness (QED) is 0.788. The molecule has 0 aromatic carbocycles. The van der Waals surface area contributed by atoms with Gasteiger partial charge in [-0.05, 0) is 25.2 Å². The van der Waals surface area contributed by atoms with E-state index in [1.54, 1.807) is 4.31 Å². The van der Waals surface area contributed by atoms with Crippen LogP contribution in [-0.2, 0) is 10.0 Å². The van der Waals surface area contributed by atoms with Gasteiger partial charge in [-0.25, -0.2) is 8.42 Å². The van der Waals surface area contributed by atoms with Crippen molar-refractivity contribution in [2.75, 3.05) is 13.1 Å². The van der Waals surface area contributed by atoms with Gasteiger partial charge in [-0.2, -0.15) is 4.31 Å². The highest BCUT2D eigenvalue weighted by Crippen LogP contribution is 2.29. The van der Waals surface area contributed by atoms with Crippen LogP contribution in [0.4, 0.5) is 0 Å². The highest BCUT2D eigenvalue weighted by atomic mass is 32.2. The summed E-state index contributed by atoms with van der Waals surface area (Å²) in [5, 5.41) is -0.134. The monoisotopic (exact) mass is 246 g/mol. The van der Waals surface area contributed by atoms with Crippen molar-refractivity contribution < 1.29 is 8.42 Å². The smallest absolute Gasteiger partial charge is 0.217 e. The molecule has 2 atom stereocenters. The second-order valence-corrected chi connectivity index (χ2v) is 7.58. The number of rotatable bonds is 2. The third-order valence-corrected chi connectivity index (χ3v) is 6.07. The molecule has 2 aliphatic rings. The van der Waals surface area contributed by atoms with Gasteiger partial charge in [-0.15, -0.1) is 0 Å². The summed E-state index contributed by atoms with van der Waals surface area (Å²) >= 11 is 0. The second-order valence-electron chi connectivity index (χ2n) is 5.37. The molecule has 2 rings (SSSR count). The molecule has 1 aliphatic heterocycles. The van der Waals surface area contributed by atoms with Crippen molar-refractivity contribution in [2.24, 2.45) is 11.7 Å². The minimum atomic E-state index is -3.07. The second kappa shape index (κ2) is 4.63. The lowest BCUT2D eigenvalue weighted by Crippen LogP contribution is -2.50. The summed E-state index contributed by atoms with van der Waals surface area (Å²) in [6.45, 7) is 3.26. The summed E-state index contributed by atoms with van der Waals surface area (Å²) in [4.78, 5) is 0. The van der Waals surface area contributed by atoms with Crippen LogP contribution in [0.5, 0.6) is 0 Å². The third-order valence-electron chi connectivity index (χ3n) is 3.74. The number of hydrogen-bond donors (Lipinski definition) is 1. The molecule has 0 aromatic rings. The van der Waals surface area contributed by atoms with Gasteiger partial charge < -0.3 is 5.73 Å². The molecule has 1 aliphatic carbocycles. The first-order chi connectivity index (χ1) is 7.50. The summed E-state index contributed by atoms with van der Waals surface area (Å²) in [6, 6.07) is 0.0138. The molecule has 1 saturated heterocycles. The van der Waals surface area contributed by atoms with Gasteiger partial charge in [0.25, 0.3) is 0 Å². The van der Waals surface area contributed by atoms with E-state index in [-0.39, 0.29) is 11.3 Å². The van der Waals surface area contributed by atoms with Crippen molar-refractivity contribution in [2.45, 2.75) is 50.3 Å². The number of nitrogens with two attached hydrogens (primary N) is 1. The Morgan fingerprint density at radius 1 is 1.19 bits per heavy atom. The Kier molecular flexibility index (Phi) is 3.56. The highest BCUT2D eigenvalue weighted by Gasteiger charge is 2.37. The Bertz CT molecular complexity index is 326. The molecule has 0 spiro atoms. The van der Waals surface area contributed by atoms with Crippen molar-refractivity contribution in [1.82, 2.24) is 4.31 Å². The minimum Gasteiger partial charge on any atom is -0.326 e. The summed E-state index contributed by atoms with van der Waals surface area (Å²) in [5.74, 6) is 0.389. The Hall–Kier alpha value is -0.130. The van der Waals surface area contributed by atoms with Crippen LogP contribution in [0.25, 0.3) is 0 Å². The lowest BCUT2D eigenvalue weighted by atomic mass is 9.99. The van der Waals surface area contributed by atoms with Crippen molar-refractivity contribution in [3.05, 3.63) is 0 Å². The largest absolute Gasteiger partial charge is 0.326 e. The normalized spacial score (nSPS) is 34.4. The van der Waals surface area contributed by atoms with Crippen LogP contribution < -0.4 is 5.73 Å². The Balaban J connectivity index is 2.10. The number of nitrogens with zero attached hydrogens (tertiary/aromatic N) is 1. The predicted molar refractivity (Wildman–Crippen MR) is 64.5 cm³/mol. The molecule has 2 N–H and O–H groups in total.